The number of aliphatic carboxylic acids is 2. The molecule has 0 aliphatic rings. The van der Waals surface area contributed by atoms with Crippen molar-refractivity contribution in [3.63, 3.8) is 0 Å². The summed E-state index contributed by atoms with van der Waals surface area (Å²) in [6, 6.07) is 0. The van der Waals surface area contributed by atoms with Crippen molar-refractivity contribution in [2.75, 3.05) is 37.0 Å². The molecular weight excluding hydrogens is 501 g/mol. The molecule has 0 aliphatic heterocycles. The van der Waals surface area contributed by atoms with Crippen molar-refractivity contribution in [2.24, 2.45) is 0 Å². The summed E-state index contributed by atoms with van der Waals surface area (Å²) >= 11 is 0. The Labute approximate surface area is 153 Å². The molecule has 0 heterocycles. The Morgan fingerprint density at radius 2 is 0.818 bits per heavy atom. The van der Waals surface area contributed by atoms with E-state index in [1.165, 1.54) is 37.0 Å². The summed E-state index contributed by atoms with van der Waals surface area (Å²) in [4.78, 5) is 18.6. The van der Waals surface area contributed by atoms with Gasteiger partial charge in [-0.05, 0) is 37.0 Å². The zero-order chi connectivity index (χ0) is 17.3. The predicted octanol–water partition coefficient (Wildman–Crippen LogP) is 1.93. The van der Waals surface area contributed by atoms with Crippen LogP contribution in [0, 0.1) is 0 Å². The van der Waals surface area contributed by atoms with Gasteiger partial charge in [-0.1, -0.05) is 41.5 Å². The first-order valence-corrected chi connectivity index (χ1v) is 11.5. The Morgan fingerprint density at radius 3 is 0.818 bits per heavy atom. The van der Waals surface area contributed by atoms with E-state index in [2.05, 4.69) is 41.5 Å². The monoisotopic (exact) mass is 533 g/mol. The Hall–Kier alpha value is 0.488. The minimum atomic E-state index is -1.63. The van der Waals surface area contributed by atoms with Crippen LogP contribution in [0.1, 0.15) is 48.0 Å². The summed E-state index contributed by atoms with van der Waals surface area (Å²) in [5.41, 5.74) is 0. The molecule has 0 spiro atoms. The molecule has 7 heteroatoms. The third kappa shape index (κ3) is 28.6. The molecule has 0 aromatic carbocycles. The fourth-order valence-corrected chi connectivity index (χ4v) is 4.14. The van der Waals surface area contributed by atoms with Crippen molar-refractivity contribution < 1.29 is 40.9 Å². The first-order valence-electron chi connectivity index (χ1n) is 7.66. The van der Waals surface area contributed by atoms with Crippen LogP contribution in [0.3, 0.4) is 0 Å². The number of hydrogen-bond acceptors (Lipinski definition) is 4. The van der Waals surface area contributed by atoms with Gasteiger partial charge in [0.25, 0.3) is 0 Å². The van der Waals surface area contributed by atoms with Gasteiger partial charge in [0, 0.05) is 18.4 Å². The smallest absolute Gasteiger partial charge is 0.550 e. The molecule has 0 N–H and O–H groups in total. The van der Waals surface area contributed by atoms with Gasteiger partial charge in [-0.2, -0.15) is 0 Å². The van der Waals surface area contributed by atoms with Crippen LogP contribution < -0.4 is 10.2 Å². The van der Waals surface area contributed by atoms with Crippen LogP contribution in [0.4, 0.5) is 0 Å². The minimum absolute atomic E-state index is 0. The van der Waals surface area contributed by atoms with E-state index in [1.807, 2.05) is 0 Å². The normalized spacial score (nSPS) is 9.09. The standard InChI is InChI=1S/2C6H15P.C3H4O4.Pt/c2*1-4-7(5-2)6-3;4-2(5)1-3(6)7;/h2*4-6H2,1-3H3;1H2,(H,4,5)(H,6,7);/q;;;+2/p-2. The second-order valence-corrected chi connectivity index (χ2v) is 10.6. The largest absolute Gasteiger partial charge is 2.00 e. The summed E-state index contributed by atoms with van der Waals surface area (Å²) in [7, 11) is 0.892. The Kier molecular flexibility index (Phi) is 32.8. The molecule has 0 saturated heterocycles. The van der Waals surface area contributed by atoms with E-state index in [0.717, 1.165) is 0 Å². The van der Waals surface area contributed by atoms with Crippen LogP contribution in [0.2, 0.25) is 0 Å². The fourth-order valence-electron chi connectivity index (χ4n) is 1.46. The van der Waals surface area contributed by atoms with Gasteiger partial charge >= 0.3 is 21.1 Å². The maximum atomic E-state index is 9.28. The summed E-state index contributed by atoms with van der Waals surface area (Å²) < 4.78 is 0. The zero-order valence-corrected chi connectivity index (χ0v) is 18.9. The zero-order valence-electron chi connectivity index (χ0n) is 14.8. The average Bonchev–Trinajstić information content (AvgIpc) is 2.42. The van der Waals surface area contributed by atoms with E-state index in [9.17, 15) is 19.8 Å². The predicted molar refractivity (Wildman–Crippen MR) is 91.7 cm³/mol. The molecule has 0 unspecified atom stereocenters. The topological polar surface area (TPSA) is 80.3 Å². The van der Waals surface area contributed by atoms with Crippen molar-refractivity contribution >= 4 is 27.8 Å². The summed E-state index contributed by atoms with van der Waals surface area (Å²) in [6.45, 7) is 13.7. The van der Waals surface area contributed by atoms with Crippen molar-refractivity contribution in [3.8, 4) is 0 Å². The molecule has 0 fully saturated rings. The van der Waals surface area contributed by atoms with Gasteiger partial charge in [-0.15, -0.1) is 15.8 Å². The molecule has 22 heavy (non-hydrogen) atoms. The molecule has 0 amide bonds. The van der Waals surface area contributed by atoms with Gasteiger partial charge in [-0.3, -0.25) is 0 Å². The maximum Gasteiger partial charge on any atom is 2.00 e. The molecule has 0 radical (unpaired) electrons. The van der Waals surface area contributed by atoms with E-state index in [0.29, 0.717) is 15.8 Å². The number of carbonyl (C=O) groups excluding carboxylic acids is 2. The third-order valence-electron chi connectivity index (χ3n) is 2.97. The van der Waals surface area contributed by atoms with Crippen LogP contribution in [0.5, 0.6) is 0 Å². The van der Waals surface area contributed by atoms with Gasteiger partial charge in [0.2, 0.25) is 0 Å². The summed E-state index contributed by atoms with van der Waals surface area (Å²) in [5, 5.41) is 18.6. The van der Waals surface area contributed by atoms with Crippen LogP contribution >= 0.6 is 15.8 Å². The SMILES string of the molecule is CCP(CC)CC.CCP(CC)CC.O=C([O-])CC(=O)[O-].[Pt+2]. The quantitative estimate of drug-likeness (QED) is 0.353. The van der Waals surface area contributed by atoms with Gasteiger partial charge in [0.15, 0.2) is 0 Å². The Bertz CT molecular complexity index is 211. The average molecular weight is 533 g/mol. The minimum Gasteiger partial charge on any atom is -0.550 e. The van der Waals surface area contributed by atoms with Gasteiger partial charge in [0.05, 0.1) is 0 Å². The molecule has 136 valence electrons. The van der Waals surface area contributed by atoms with Crippen LogP contribution in [-0.2, 0) is 30.7 Å². The van der Waals surface area contributed by atoms with Crippen molar-refractivity contribution in [1.29, 1.82) is 0 Å². The maximum absolute atomic E-state index is 9.28. The first kappa shape index (κ1) is 30.4. The number of carbonyl (C=O) groups is 2. The second kappa shape index (κ2) is 23.8. The van der Waals surface area contributed by atoms with Crippen molar-refractivity contribution in [1.82, 2.24) is 0 Å². The van der Waals surface area contributed by atoms with E-state index in [-0.39, 0.29) is 21.1 Å². The van der Waals surface area contributed by atoms with Gasteiger partial charge < -0.3 is 19.8 Å². The fraction of sp³-hybridized carbons (Fsp3) is 0.867. The van der Waals surface area contributed by atoms with Crippen LogP contribution in [0.25, 0.3) is 0 Å². The first-order chi connectivity index (χ1) is 9.82. The number of carboxylic acids is 2. The molecular formula is C15H32O4P2Pt. The van der Waals surface area contributed by atoms with Gasteiger partial charge in [-0.25, -0.2) is 0 Å². The van der Waals surface area contributed by atoms with E-state index >= 15 is 0 Å². The van der Waals surface area contributed by atoms with Crippen LogP contribution in [-0.4, -0.2) is 48.9 Å². The molecule has 0 atom stereocenters. The van der Waals surface area contributed by atoms with Crippen molar-refractivity contribution in [2.45, 2.75) is 48.0 Å². The summed E-state index contributed by atoms with van der Waals surface area (Å²) in [6.07, 6.45) is 7.49. The number of hydrogen-bond donors (Lipinski definition) is 0. The molecule has 0 aliphatic carbocycles. The molecule has 0 rings (SSSR count). The Balaban J connectivity index is -0.000000108. The summed E-state index contributed by atoms with van der Waals surface area (Å²) in [5.74, 6) is -3.25. The van der Waals surface area contributed by atoms with E-state index in [4.69, 9.17) is 0 Å². The second-order valence-electron chi connectivity index (χ2n) is 4.16. The van der Waals surface area contributed by atoms with E-state index < -0.39 is 18.4 Å². The molecule has 0 aromatic rings. The molecule has 4 nitrogen and oxygen atoms in total. The van der Waals surface area contributed by atoms with Crippen LogP contribution in [0.15, 0.2) is 0 Å². The van der Waals surface area contributed by atoms with E-state index in [1.54, 1.807) is 0 Å². The number of rotatable bonds is 8. The van der Waals surface area contributed by atoms with Gasteiger partial charge in [0.1, 0.15) is 0 Å². The molecule has 0 saturated carbocycles. The molecule has 0 aromatic heterocycles. The number of carboxylic acid groups (broad SMARTS) is 2. The third-order valence-corrected chi connectivity index (χ3v) is 8.34. The Morgan fingerprint density at radius 1 is 0.636 bits per heavy atom. The molecule has 0 bridgehead atoms. The van der Waals surface area contributed by atoms with Crippen molar-refractivity contribution in [3.05, 3.63) is 0 Å².